The molecule has 0 saturated carbocycles. The molecule has 2 heteroatoms. The summed E-state index contributed by atoms with van der Waals surface area (Å²) in [5.41, 5.74) is 4.39. The van der Waals surface area contributed by atoms with Gasteiger partial charge in [0, 0.05) is 11.3 Å². The van der Waals surface area contributed by atoms with Crippen LogP contribution < -0.4 is 0 Å². The van der Waals surface area contributed by atoms with E-state index in [0.29, 0.717) is 0 Å². The average Bonchev–Trinajstić information content (AvgIpc) is 2.92. The number of benzene rings is 2. The van der Waals surface area contributed by atoms with Gasteiger partial charge in [-0.25, -0.2) is 4.98 Å². The molecular weight excluding hydrogens is 256 g/mol. The number of aromatic nitrogens is 2. The number of allylic oxidation sites excluding steroid dienone is 4. The van der Waals surface area contributed by atoms with Crippen LogP contribution in [0.25, 0.3) is 22.3 Å². The minimum atomic E-state index is 0.975. The molecule has 104 valence electrons. The fraction of sp³-hybridized carbons (Fsp3) is 0.105. The van der Waals surface area contributed by atoms with Crippen molar-refractivity contribution in [2.24, 2.45) is 0 Å². The molecule has 0 saturated heterocycles. The second kappa shape index (κ2) is 5.80. The number of fused-ring (bicyclic) bond motifs is 1. The van der Waals surface area contributed by atoms with Gasteiger partial charge in [0.1, 0.15) is 5.82 Å². The molecule has 0 N–H and O–H groups in total. The molecule has 1 aromatic heterocycles. The summed E-state index contributed by atoms with van der Waals surface area (Å²) in [6.07, 6.45) is 6.24. The number of nitrogens with zero attached hydrogens (tertiary/aromatic N) is 2. The van der Waals surface area contributed by atoms with Gasteiger partial charge in [-0.15, -0.1) is 0 Å². The molecule has 0 fully saturated rings. The standard InChI is InChI=1S/C19H18N2/c1-3-10-15(4-2)19-20-17-13-8-9-14-18(17)21(19)16-11-6-5-7-12-16/h3-14H,1-2H3. The minimum Gasteiger partial charge on any atom is -0.292 e. The van der Waals surface area contributed by atoms with Crippen LogP contribution in [0.15, 0.2) is 72.8 Å². The van der Waals surface area contributed by atoms with Gasteiger partial charge in [-0.2, -0.15) is 0 Å². The molecule has 0 atom stereocenters. The van der Waals surface area contributed by atoms with Gasteiger partial charge in [-0.05, 0) is 38.1 Å². The van der Waals surface area contributed by atoms with Gasteiger partial charge >= 0.3 is 0 Å². The lowest BCUT2D eigenvalue weighted by Crippen LogP contribution is -1.99. The molecule has 0 spiro atoms. The Kier molecular flexibility index (Phi) is 3.69. The summed E-state index contributed by atoms with van der Waals surface area (Å²) >= 11 is 0. The van der Waals surface area contributed by atoms with Gasteiger partial charge in [0.2, 0.25) is 0 Å². The van der Waals surface area contributed by atoms with Crippen molar-refractivity contribution in [1.29, 1.82) is 0 Å². The van der Waals surface area contributed by atoms with Crippen LogP contribution in [0.5, 0.6) is 0 Å². The maximum atomic E-state index is 4.82. The molecule has 0 amide bonds. The molecular formula is C19H18N2. The fourth-order valence-corrected chi connectivity index (χ4v) is 2.54. The highest BCUT2D eigenvalue weighted by Gasteiger charge is 2.13. The van der Waals surface area contributed by atoms with E-state index in [1.54, 1.807) is 0 Å². The summed E-state index contributed by atoms with van der Waals surface area (Å²) < 4.78 is 2.21. The Balaban J connectivity index is 2.34. The van der Waals surface area contributed by atoms with Crippen LogP contribution in [-0.2, 0) is 0 Å². The molecule has 2 aromatic carbocycles. The number of imidazole rings is 1. The second-order valence-corrected chi connectivity index (χ2v) is 4.84. The Morgan fingerprint density at radius 3 is 2.38 bits per heavy atom. The Bertz CT molecular complexity index is 808. The summed E-state index contributed by atoms with van der Waals surface area (Å²) in [6.45, 7) is 4.07. The van der Waals surface area contributed by atoms with Crippen LogP contribution in [0, 0.1) is 0 Å². The topological polar surface area (TPSA) is 17.8 Å². The summed E-state index contributed by atoms with van der Waals surface area (Å²) in [5.74, 6) is 0.975. The van der Waals surface area contributed by atoms with Crippen molar-refractivity contribution >= 4 is 16.6 Å². The fourth-order valence-electron chi connectivity index (χ4n) is 2.54. The van der Waals surface area contributed by atoms with Crippen molar-refractivity contribution in [3.8, 4) is 5.69 Å². The van der Waals surface area contributed by atoms with E-state index in [4.69, 9.17) is 4.98 Å². The Labute approximate surface area is 125 Å². The highest BCUT2D eigenvalue weighted by atomic mass is 15.1. The zero-order valence-electron chi connectivity index (χ0n) is 12.3. The lowest BCUT2D eigenvalue weighted by molar-refractivity contribution is 1.06. The maximum absolute atomic E-state index is 4.82. The highest BCUT2D eigenvalue weighted by molar-refractivity contribution is 5.84. The van der Waals surface area contributed by atoms with E-state index in [1.807, 2.05) is 32.1 Å². The molecule has 21 heavy (non-hydrogen) atoms. The smallest absolute Gasteiger partial charge is 0.145 e. The van der Waals surface area contributed by atoms with E-state index in [2.05, 4.69) is 59.2 Å². The van der Waals surface area contributed by atoms with E-state index < -0.39 is 0 Å². The number of hydrogen-bond acceptors (Lipinski definition) is 1. The first-order valence-corrected chi connectivity index (χ1v) is 7.17. The van der Waals surface area contributed by atoms with Crippen molar-refractivity contribution < 1.29 is 0 Å². The van der Waals surface area contributed by atoms with Gasteiger partial charge in [0.15, 0.2) is 0 Å². The van der Waals surface area contributed by atoms with Crippen LogP contribution in [0.2, 0.25) is 0 Å². The van der Waals surface area contributed by atoms with E-state index in [9.17, 15) is 0 Å². The third-order valence-corrected chi connectivity index (χ3v) is 3.49. The van der Waals surface area contributed by atoms with Crippen molar-refractivity contribution in [3.05, 3.63) is 78.6 Å². The Morgan fingerprint density at radius 2 is 1.67 bits per heavy atom. The lowest BCUT2D eigenvalue weighted by Gasteiger charge is -2.09. The zero-order valence-corrected chi connectivity index (χ0v) is 12.3. The minimum absolute atomic E-state index is 0.975. The van der Waals surface area contributed by atoms with Gasteiger partial charge in [-0.3, -0.25) is 4.57 Å². The SMILES string of the molecule is CC=CC(=CC)c1nc2ccccc2n1-c1ccccc1. The van der Waals surface area contributed by atoms with Crippen LogP contribution in [0.3, 0.4) is 0 Å². The second-order valence-electron chi connectivity index (χ2n) is 4.84. The van der Waals surface area contributed by atoms with Crippen LogP contribution in [-0.4, -0.2) is 9.55 Å². The van der Waals surface area contributed by atoms with Crippen LogP contribution in [0.4, 0.5) is 0 Å². The summed E-state index contributed by atoms with van der Waals surface area (Å²) in [6, 6.07) is 18.6. The lowest BCUT2D eigenvalue weighted by atomic mass is 10.2. The van der Waals surface area contributed by atoms with E-state index in [1.165, 1.54) is 0 Å². The van der Waals surface area contributed by atoms with E-state index in [-0.39, 0.29) is 0 Å². The number of hydrogen-bond donors (Lipinski definition) is 0. The quantitative estimate of drug-likeness (QED) is 0.614. The van der Waals surface area contributed by atoms with Gasteiger partial charge < -0.3 is 0 Å². The van der Waals surface area contributed by atoms with Crippen molar-refractivity contribution in [2.45, 2.75) is 13.8 Å². The molecule has 0 bridgehead atoms. The Hall–Kier alpha value is -2.61. The molecule has 2 nitrogen and oxygen atoms in total. The summed E-state index contributed by atoms with van der Waals surface area (Å²) in [5, 5.41) is 0. The third kappa shape index (κ3) is 2.40. The van der Waals surface area contributed by atoms with Crippen molar-refractivity contribution in [3.63, 3.8) is 0 Å². The van der Waals surface area contributed by atoms with Gasteiger partial charge in [0.25, 0.3) is 0 Å². The van der Waals surface area contributed by atoms with Crippen molar-refractivity contribution in [2.75, 3.05) is 0 Å². The maximum Gasteiger partial charge on any atom is 0.145 e. The predicted molar refractivity (Wildman–Crippen MR) is 89.5 cm³/mol. The third-order valence-electron chi connectivity index (χ3n) is 3.49. The molecule has 0 aliphatic rings. The highest BCUT2D eigenvalue weighted by Crippen LogP contribution is 2.26. The first-order valence-electron chi connectivity index (χ1n) is 7.17. The summed E-state index contributed by atoms with van der Waals surface area (Å²) in [7, 11) is 0. The first-order chi connectivity index (χ1) is 10.3. The largest absolute Gasteiger partial charge is 0.292 e. The predicted octanol–water partition coefficient (Wildman–Crippen LogP) is 5.00. The number of para-hydroxylation sites is 3. The van der Waals surface area contributed by atoms with Gasteiger partial charge in [0.05, 0.1) is 11.0 Å². The van der Waals surface area contributed by atoms with Crippen molar-refractivity contribution in [1.82, 2.24) is 9.55 Å². The molecule has 0 radical (unpaired) electrons. The van der Waals surface area contributed by atoms with Gasteiger partial charge in [-0.1, -0.05) is 48.6 Å². The normalized spacial score (nSPS) is 12.4. The molecule has 0 aliphatic heterocycles. The zero-order chi connectivity index (χ0) is 14.7. The molecule has 0 aliphatic carbocycles. The monoisotopic (exact) mass is 274 g/mol. The van der Waals surface area contributed by atoms with Crippen LogP contribution in [0.1, 0.15) is 19.7 Å². The summed E-state index contributed by atoms with van der Waals surface area (Å²) in [4.78, 5) is 4.82. The van der Waals surface area contributed by atoms with E-state index in [0.717, 1.165) is 28.1 Å². The van der Waals surface area contributed by atoms with E-state index >= 15 is 0 Å². The Morgan fingerprint density at radius 1 is 0.952 bits per heavy atom. The molecule has 1 heterocycles. The number of rotatable bonds is 3. The van der Waals surface area contributed by atoms with Crippen LogP contribution >= 0.6 is 0 Å². The molecule has 3 rings (SSSR count). The average molecular weight is 274 g/mol. The molecule has 0 unspecified atom stereocenters. The molecule has 3 aromatic rings. The first kappa shape index (κ1) is 13.4.